The van der Waals surface area contributed by atoms with Gasteiger partial charge in [0.25, 0.3) is 10.0 Å². The Bertz CT molecular complexity index is 979. The number of carbonyl (C=O) groups is 1. The van der Waals surface area contributed by atoms with Crippen LogP contribution in [-0.2, 0) is 16.6 Å². The number of benzene rings is 2. The molecule has 156 valence electrons. The van der Waals surface area contributed by atoms with Crippen molar-refractivity contribution in [2.75, 3.05) is 33.2 Å². The van der Waals surface area contributed by atoms with Crippen LogP contribution in [0.5, 0.6) is 0 Å². The van der Waals surface area contributed by atoms with Crippen molar-refractivity contribution >= 4 is 16.1 Å². The lowest BCUT2D eigenvalue weighted by molar-refractivity contribution is -0.883. The standard InChI is InChI=1S/C22H29N3O3S/c1-17-6-9-21(10-7-17)29(27,28)25(16-20-15-18(2)5-8-19(20)3)22(26)24-13-11-23(4)12-14-24/h5-10,15H,11-14,16H2,1-4H3/p+1. The number of hydrogen-bond acceptors (Lipinski definition) is 3. The van der Waals surface area contributed by atoms with Crippen LogP contribution in [0.1, 0.15) is 22.3 Å². The molecule has 0 spiro atoms. The molecule has 3 rings (SSSR count). The highest BCUT2D eigenvalue weighted by atomic mass is 32.2. The van der Waals surface area contributed by atoms with Crippen molar-refractivity contribution in [2.24, 2.45) is 0 Å². The summed E-state index contributed by atoms with van der Waals surface area (Å²) in [7, 11) is -1.89. The fraction of sp³-hybridized carbons (Fsp3) is 0.409. The van der Waals surface area contributed by atoms with Crippen LogP contribution in [0.15, 0.2) is 47.4 Å². The van der Waals surface area contributed by atoms with E-state index in [1.807, 2.05) is 39.0 Å². The van der Waals surface area contributed by atoms with Gasteiger partial charge in [0.2, 0.25) is 0 Å². The topological polar surface area (TPSA) is 62.1 Å². The molecule has 0 saturated carbocycles. The van der Waals surface area contributed by atoms with Gasteiger partial charge in [0.05, 0.1) is 44.7 Å². The van der Waals surface area contributed by atoms with Crippen LogP contribution in [0.2, 0.25) is 0 Å². The van der Waals surface area contributed by atoms with E-state index in [0.29, 0.717) is 13.1 Å². The van der Waals surface area contributed by atoms with E-state index in [4.69, 9.17) is 0 Å². The molecule has 0 bridgehead atoms. The van der Waals surface area contributed by atoms with Gasteiger partial charge in [-0.2, -0.15) is 0 Å². The normalized spacial score (nSPS) is 15.4. The molecule has 0 aliphatic carbocycles. The smallest absolute Gasteiger partial charge is 0.334 e. The quantitative estimate of drug-likeness (QED) is 0.826. The van der Waals surface area contributed by atoms with Crippen LogP contribution >= 0.6 is 0 Å². The zero-order valence-corrected chi connectivity index (χ0v) is 18.4. The van der Waals surface area contributed by atoms with Gasteiger partial charge in [-0.3, -0.25) is 0 Å². The first kappa shape index (κ1) is 21.3. The van der Waals surface area contributed by atoms with E-state index in [0.717, 1.165) is 39.6 Å². The molecule has 1 saturated heterocycles. The van der Waals surface area contributed by atoms with E-state index < -0.39 is 16.1 Å². The molecule has 2 aromatic rings. The van der Waals surface area contributed by atoms with E-state index in [1.165, 1.54) is 4.90 Å². The minimum absolute atomic E-state index is 0.0295. The number of carbonyl (C=O) groups excluding carboxylic acids is 1. The lowest BCUT2D eigenvalue weighted by Crippen LogP contribution is -3.12. The predicted octanol–water partition coefficient (Wildman–Crippen LogP) is 1.75. The number of sulfonamides is 1. The molecule has 0 radical (unpaired) electrons. The summed E-state index contributed by atoms with van der Waals surface area (Å²) in [5, 5.41) is 0. The van der Waals surface area contributed by atoms with Crippen LogP contribution in [0.3, 0.4) is 0 Å². The highest BCUT2D eigenvalue weighted by molar-refractivity contribution is 7.89. The Balaban J connectivity index is 1.99. The SMILES string of the molecule is Cc1ccc(S(=O)(=O)N(Cc2cc(C)ccc2C)C(=O)N2CC[NH+](C)CC2)cc1. The van der Waals surface area contributed by atoms with Gasteiger partial charge in [-0.1, -0.05) is 41.5 Å². The predicted molar refractivity (Wildman–Crippen MR) is 113 cm³/mol. The van der Waals surface area contributed by atoms with Gasteiger partial charge in [-0.25, -0.2) is 17.5 Å². The fourth-order valence-corrected chi connectivity index (χ4v) is 4.82. The lowest BCUT2D eigenvalue weighted by atomic mass is 10.1. The Morgan fingerprint density at radius 3 is 2.21 bits per heavy atom. The number of urea groups is 1. The van der Waals surface area contributed by atoms with E-state index >= 15 is 0 Å². The number of hydrogen-bond donors (Lipinski definition) is 1. The Labute approximate surface area is 173 Å². The van der Waals surface area contributed by atoms with Crippen molar-refractivity contribution in [1.29, 1.82) is 0 Å². The molecule has 0 atom stereocenters. The first-order chi connectivity index (χ1) is 13.7. The van der Waals surface area contributed by atoms with Crippen molar-refractivity contribution in [3.63, 3.8) is 0 Å². The molecule has 0 unspecified atom stereocenters. The maximum absolute atomic E-state index is 13.5. The highest BCUT2D eigenvalue weighted by Crippen LogP contribution is 2.23. The number of aryl methyl sites for hydroxylation is 3. The molecule has 0 aromatic heterocycles. The molecule has 1 fully saturated rings. The number of likely N-dealkylation sites (N-methyl/N-ethyl adjacent to an activating group) is 1. The van der Waals surface area contributed by atoms with Gasteiger partial charge in [0.15, 0.2) is 0 Å². The Kier molecular flexibility index (Phi) is 6.29. The van der Waals surface area contributed by atoms with Crippen LogP contribution in [-0.4, -0.2) is 56.9 Å². The molecular weight excluding hydrogens is 386 g/mol. The molecular formula is C22H30N3O3S+. The van der Waals surface area contributed by atoms with Gasteiger partial charge in [0, 0.05) is 0 Å². The van der Waals surface area contributed by atoms with E-state index in [9.17, 15) is 13.2 Å². The summed E-state index contributed by atoms with van der Waals surface area (Å²) in [6, 6.07) is 12.1. The lowest BCUT2D eigenvalue weighted by Gasteiger charge is -2.34. The molecule has 2 aromatic carbocycles. The van der Waals surface area contributed by atoms with Crippen molar-refractivity contribution in [3.05, 3.63) is 64.7 Å². The number of rotatable bonds is 4. The number of quaternary nitrogens is 1. The molecule has 29 heavy (non-hydrogen) atoms. The van der Waals surface area contributed by atoms with Crippen molar-refractivity contribution in [1.82, 2.24) is 9.21 Å². The summed E-state index contributed by atoms with van der Waals surface area (Å²) in [6.45, 7) is 8.57. The van der Waals surface area contributed by atoms with Crippen molar-refractivity contribution < 1.29 is 18.1 Å². The van der Waals surface area contributed by atoms with E-state index in [-0.39, 0.29) is 11.4 Å². The van der Waals surface area contributed by atoms with Crippen LogP contribution in [0.4, 0.5) is 4.79 Å². The average Bonchev–Trinajstić information content (AvgIpc) is 2.69. The third-order valence-electron chi connectivity index (χ3n) is 5.53. The second kappa shape index (κ2) is 8.55. The Hall–Kier alpha value is -2.38. The third-order valence-corrected chi connectivity index (χ3v) is 7.26. The summed E-state index contributed by atoms with van der Waals surface area (Å²) in [6.07, 6.45) is 0. The van der Waals surface area contributed by atoms with Crippen LogP contribution < -0.4 is 4.90 Å². The second-order valence-electron chi connectivity index (χ2n) is 7.98. The largest absolute Gasteiger partial charge is 0.334 e. The molecule has 1 heterocycles. The maximum Gasteiger partial charge on any atom is 0.334 e. The van der Waals surface area contributed by atoms with Crippen molar-refractivity contribution in [3.8, 4) is 0 Å². The zero-order chi connectivity index (χ0) is 21.2. The molecule has 1 N–H and O–H groups in total. The minimum atomic E-state index is -3.97. The maximum atomic E-state index is 13.5. The van der Waals surface area contributed by atoms with E-state index in [2.05, 4.69) is 7.05 Å². The first-order valence-electron chi connectivity index (χ1n) is 9.94. The van der Waals surface area contributed by atoms with E-state index in [1.54, 1.807) is 29.2 Å². The third kappa shape index (κ3) is 4.79. The average molecular weight is 417 g/mol. The summed E-state index contributed by atoms with van der Waals surface area (Å²) in [5.74, 6) is 0. The number of piperazine rings is 1. The Morgan fingerprint density at radius 2 is 1.59 bits per heavy atom. The molecule has 1 aliphatic rings. The highest BCUT2D eigenvalue weighted by Gasteiger charge is 2.34. The van der Waals surface area contributed by atoms with Gasteiger partial charge in [0.1, 0.15) is 0 Å². The second-order valence-corrected chi connectivity index (χ2v) is 9.84. The summed E-state index contributed by atoms with van der Waals surface area (Å²) in [5.41, 5.74) is 3.82. The first-order valence-corrected chi connectivity index (χ1v) is 11.4. The van der Waals surface area contributed by atoms with Crippen LogP contribution in [0, 0.1) is 20.8 Å². The van der Waals surface area contributed by atoms with Crippen LogP contribution in [0.25, 0.3) is 0 Å². The van der Waals surface area contributed by atoms with Gasteiger partial charge >= 0.3 is 6.03 Å². The molecule has 6 nitrogen and oxygen atoms in total. The molecule has 7 heteroatoms. The molecule has 1 aliphatic heterocycles. The monoisotopic (exact) mass is 416 g/mol. The summed E-state index contributed by atoms with van der Waals surface area (Å²) in [4.78, 5) is 16.5. The number of amides is 2. The minimum Gasteiger partial charge on any atom is -0.334 e. The summed E-state index contributed by atoms with van der Waals surface area (Å²) >= 11 is 0. The van der Waals surface area contributed by atoms with Gasteiger partial charge in [-0.05, 0) is 44.0 Å². The Morgan fingerprint density at radius 1 is 1.00 bits per heavy atom. The van der Waals surface area contributed by atoms with Gasteiger partial charge < -0.3 is 9.80 Å². The summed E-state index contributed by atoms with van der Waals surface area (Å²) < 4.78 is 28.0. The fourth-order valence-electron chi connectivity index (χ4n) is 3.46. The number of nitrogens with one attached hydrogen (secondary N) is 1. The molecule has 2 amide bonds. The van der Waals surface area contributed by atoms with Crippen molar-refractivity contribution in [2.45, 2.75) is 32.2 Å². The number of nitrogens with zero attached hydrogens (tertiary/aromatic N) is 2. The zero-order valence-electron chi connectivity index (χ0n) is 17.6. The van der Waals surface area contributed by atoms with Gasteiger partial charge in [-0.15, -0.1) is 0 Å².